The molecule has 37 heavy (non-hydrogen) atoms. The van der Waals surface area contributed by atoms with Gasteiger partial charge in [0.05, 0.1) is 24.2 Å². The molecule has 2 aliphatic rings. The quantitative estimate of drug-likeness (QED) is 0.182. The fourth-order valence-corrected chi connectivity index (χ4v) is 4.87. The van der Waals surface area contributed by atoms with E-state index < -0.39 is 72.9 Å². The highest BCUT2D eigenvalue weighted by atomic mass is 16.5. The number of carboxylic acid groups (broad SMARTS) is 2. The molecule has 6 atom stereocenters. The van der Waals surface area contributed by atoms with E-state index in [4.69, 9.17) is 9.84 Å². The summed E-state index contributed by atoms with van der Waals surface area (Å²) in [5, 5.41) is 62.4. The molecule has 2 heterocycles. The summed E-state index contributed by atoms with van der Waals surface area (Å²) in [5.74, 6) is -3.40. The third kappa shape index (κ3) is 8.19. The van der Waals surface area contributed by atoms with Crippen LogP contribution in [0, 0.1) is 0 Å². The van der Waals surface area contributed by atoms with Crippen LogP contribution in [-0.2, 0) is 25.5 Å². The summed E-state index contributed by atoms with van der Waals surface area (Å²) in [7, 11) is 0. The van der Waals surface area contributed by atoms with Crippen molar-refractivity contribution < 1.29 is 49.8 Å². The summed E-state index contributed by atoms with van der Waals surface area (Å²) in [6, 6.07) is 8.25. The van der Waals surface area contributed by atoms with E-state index in [0.29, 0.717) is 32.4 Å². The van der Waals surface area contributed by atoms with Crippen molar-refractivity contribution in [1.29, 1.82) is 0 Å². The minimum absolute atomic E-state index is 0.195. The molecule has 3 rings (SSSR count). The lowest BCUT2D eigenvalue weighted by Gasteiger charge is -2.44. The van der Waals surface area contributed by atoms with Crippen LogP contribution in [0.1, 0.15) is 37.7 Å². The third-order valence-electron chi connectivity index (χ3n) is 7.08. The lowest BCUT2D eigenvalue weighted by Crippen LogP contribution is -2.61. The van der Waals surface area contributed by atoms with E-state index in [2.05, 4.69) is 5.32 Å². The van der Waals surface area contributed by atoms with E-state index in [1.807, 2.05) is 35.2 Å². The number of aliphatic hydroxyl groups is 4. The van der Waals surface area contributed by atoms with Gasteiger partial charge in [-0.2, -0.15) is 0 Å². The van der Waals surface area contributed by atoms with E-state index in [9.17, 15) is 39.9 Å². The molecular formula is C25H36N2O10. The second-order valence-corrected chi connectivity index (χ2v) is 9.97. The van der Waals surface area contributed by atoms with Crippen LogP contribution in [0.2, 0.25) is 0 Å². The summed E-state index contributed by atoms with van der Waals surface area (Å²) in [5.41, 5.74) is 0.178. The van der Waals surface area contributed by atoms with Crippen LogP contribution in [-0.4, -0.2) is 115 Å². The van der Waals surface area contributed by atoms with Crippen molar-refractivity contribution in [3.8, 4) is 0 Å². The predicted octanol–water partition coefficient (Wildman–Crippen LogP) is -1.27. The Bertz CT molecular complexity index is 921. The second-order valence-electron chi connectivity index (χ2n) is 9.97. The van der Waals surface area contributed by atoms with Crippen molar-refractivity contribution in [2.75, 3.05) is 19.6 Å². The fourth-order valence-electron chi connectivity index (χ4n) is 4.87. The molecule has 0 radical (unpaired) electrons. The zero-order chi connectivity index (χ0) is 27.2. The van der Waals surface area contributed by atoms with Gasteiger partial charge >= 0.3 is 11.9 Å². The Kier molecular flexibility index (Phi) is 9.99. The number of ether oxygens (including phenoxy) is 1. The molecule has 12 nitrogen and oxygen atoms in total. The smallest absolute Gasteiger partial charge is 0.326 e. The Morgan fingerprint density at radius 3 is 2.22 bits per heavy atom. The highest BCUT2D eigenvalue weighted by molar-refractivity contribution is 5.84. The number of likely N-dealkylation sites (tertiary alicyclic amines) is 1. The maximum Gasteiger partial charge on any atom is 0.326 e. The number of carbonyl (C=O) groups excluding carboxylic acids is 1. The van der Waals surface area contributed by atoms with Gasteiger partial charge in [0.25, 0.3) is 0 Å². The average molecular weight is 525 g/mol. The molecule has 0 aromatic heterocycles. The third-order valence-corrected chi connectivity index (χ3v) is 7.08. The number of aliphatic carboxylic acids is 2. The molecule has 0 spiro atoms. The zero-order valence-corrected chi connectivity index (χ0v) is 20.5. The van der Waals surface area contributed by atoms with Crippen LogP contribution in [0.25, 0.3) is 0 Å². The number of amides is 1. The van der Waals surface area contributed by atoms with E-state index in [1.165, 1.54) is 0 Å². The van der Waals surface area contributed by atoms with E-state index in [0.717, 1.165) is 5.56 Å². The first-order valence-corrected chi connectivity index (χ1v) is 12.4. The maximum absolute atomic E-state index is 12.4. The van der Waals surface area contributed by atoms with Crippen molar-refractivity contribution in [2.24, 2.45) is 0 Å². The van der Waals surface area contributed by atoms with Crippen LogP contribution >= 0.6 is 0 Å². The SMILES string of the molecule is O=C(O)CC[C@H](NC(=O)C[C@@H]1O[C@H](CN2CCC(O)(Cc3ccccc3)CC2)[C@@H](O)[C@H](O)[C@@H]1O)C(=O)O. The predicted molar refractivity (Wildman–Crippen MR) is 129 cm³/mol. The van der Waals surface area contributed by atoms with Gasteiger partial charge in [-0.3, -0.25) is 9.59 Å². The molecule has 1 amide bonds. The molecule has 0 saturated carbocycles. The minimum atomic E-state index is -1.59. The number of aliphatic hydroxyl groups excluding tert-OH is 3. The van der Waals surface area contributed by atoms with Gasteiger partial charge in [0.2, 0.25) is 5.91 Å². The highest BCUT2D eigenvalue weighted by Crippen LogP contribution is 2.29. The molecule has 1 aromatic carbocycles. The monoisotopic (exact) mass is 524 g/mol. The van der Waals surface area contributed by atoms with Gasteiger partial charge in [0, 0.05) is 32.5 Å². The average Bonchev–Trinajstić information content (AvgIpc) is 2.85. The Balaban J connectivity index is 1.54. The Labute approximate surface area is 214 Å². The molecule has 1 aromatic rings. The number of hydrogen-bond donors (Lipinski definition) is 7. The number of carbonyl (C=O) groups is 3. The van der Waals surface area contributed by atoms with Crippen LogP contribution < -0.4 is 5.32 Å². The number of hydrogen-bond acceptors (Lipinski definition) is 9. The van der Waals surface area contributed by atoms with Gasteiger partial charge in [0.1, 0.15) is 24.4 Å². The molecule has 0 aliphatic carbocycles. The van der Waals surface area contributed by atoms with Gasteiger partial charge in [-0.25, -0.2) is 4.79 Å². The van der Waals surface area contributed by atoms with Gasteiger partial charge in [-0.15, -0.1) is 0 Å². The van der Waals surface area contributed by atoms with E-state index in [1.54, 1.807) is 0 Å². The standard InChI is InChI=1S/C25H36N2O10/c28-19(26-16(24(34)35)6-7-20(29)30)12-17-21(31)23(33)22(32)18(37-17)14-27-10-8-25(36,9-11-27)13-15-4-2-1-3-5-15/h1-5,16-18,21-23,31-33,36H,6-14H2,(H,26,28)(H,29,30)(H,34,35)/t16-,17-,18+,21+,22+,23+/m0/s1. The number of carboxylic acids is 2. The van der Waals surface area contributed by atoms with E-state index in [-0.39, 0.29) is 13.0 Å². The summed E-state index contributed by atoms with van der Waals surface area (Å²) in [6.07, 6.45) is -6.48. The fraction of sp³-hybridized carbons (Fsp3) is 0.640. The number of benzene rings is 1. The van der Waals surface area contributed by atoms with Crippen LogP contribution in [0.15, 0.2) is 30.3 Å². The largest absolute Gasteiger partial charge is 0.481 e. The Morgan fingerprint density at radius 2 is 1.62 bits per heavy atom. The van der Waals surface area contributed by atoms with Crippen molar-refractivity contribution in [3.63, 3.8) is 0 Å². The molecule has 7 N–H and O–H groups in total. The second kappa shape index (κ2) is 12.8. The zero-order valence-electron chi connectivity index (χ0n) is 20.5. The lowest BCUT2D eigenvalue weighted by molar-refractivity contribution is -0.227. The molecule has 0 bridgehead atoms. The maximum atomic E-state index is 12.4. The molecule has 206 valence electrons. The molecule has 2 aliphatic heterocycles. The van der Waals surface area contributed by atoms with Gasteiger partial charge in [-0.1, -0.05) is 30.3 Å². The number of nitrogens with zero attached hydrogens (tertiary/aromatic N) is 1. The minimum Gasteiger partial charge on any atom is -0.481 e. The molecule has 12 heteroatoms. The molecule has 2 saturated heterocycles. The van der Waals surface area contributed by atoms with Crippen molar-refractivity contribution in [1.82, 2.24) is 10.2 Å². The Hall–Kier alpha value is -2.61. The summed E-state index contributed by atoms with van der Waals surface area (Å²) < 4.78 is 5.78. The number of piperidine rings is 1. The van der Waals surface area contributed by atoms with Gasteiger partial charge in [0.15, 0.2) is 0 Å². The first-order chi connectivity index (χ1) is 17.5. The van der Waals surface area contributed by atoms with E-state index >= 15 is 0 Å². The van der Waals surface area contributed by atoms with Crippen LogP contribution in [0.3, 0.4) is 0 Å². The highest BCUT2D eigenvalue weighted by Gasteiger charge is 2.45. The summed E-state index contributed by atoms with van der Waals surface area (Å²) in [6.45, 7) is 1.23. The molecular weight excluding hydrogens is 488 g/mol. The summed E-state index contributed by atoms with van der Waals surface area (Å²) >= 11 is 0. The normalized spacial score (nSPS) is 28.8. The van der Waals surface area contributed by atoms with Crippen LogP contribution in [0.4, 0.5) is 0 Å². The molecule has 2 fully saturated rings. The van der Waals surface area contributed by atoms with Crippen molar-refractivity contribution in [3.05, 3.63) is 35.9 Å². The van der Waals surface area contributed by atoms with Crippen molar-refractivity contribution >= 4 is 17.8 Å². The topological polar surface area (TPSA) is 197 Å². The van der Waals surface area contributed by atoms with Gasteiger partial charge in [-0.05, 0) is 24.8 Å². The summed E-state index contributed by atoms with van der Waals surface area (Å²) in [4.78, 5) is 36.5. The number of nitrogens with one attached hydrogen (secondary N) is 1. The van der Waals surface area contributed by atoms with Crippen LogP contribution in [0.5, 0.6) is 0 Å². The van der Waals surface area contributed by atoms with Crippen molar-refractivity contribution in [2.45, 2.75) is 80.7 Å². The van der Waals surface area contributed by atoms with Gasteiger partial charge < -0.3 is 45.6 Å². The number of rotatable bonds is 11. The first kappa shape index (κ1) is 29.0. The molecule has 0 unspecified atom stereocenters. The first-order valence-electron chi connectivity index (χ1n) is 12.4. The lowest BCUT2D eigenvalue weighted by atomic mass is 9.85. The Morgan fingerprint density at radius 1 is 1.00 bits per heavy atom.